The SMILES string of the molecule is CS(=O)CCCNCC1CCC(C)(C)O1. The lowest BCUT2D eigenvalue weighted by Crippen LogP contribution is -2.30. The smallest absolute Gasteiger partial charge is 0.0707 e. The highest BCUT2D eigenvalue weighted by Crippen LogP contribution is 2.28. The Morgan fingerprint density at radius 1 is 1.53 bits per heavy atom. The molecule has 0 spiro atoms. The lowest BCUT2D eigenvalue weighted by atomic mass is 10.1. The summed E-state index contributed by atoms with van der Waals surface area (Å²) in [6, 6.07) is 0. The van der Waals surface area contributed by atoms with E-state index in [2.05, 4.69) is 19.2 Å². The summed E-state index contributed by atoms with van der Waals surface area (Å²) < 4.78 is 16.7. The van der Waals surface area contributed by atoms with Crippen LogP contribution < -0.4 is 5.32 Å². The molecule has 90 valence electrons. The molecule has 1 saturated heterocycles. The molecule has 1 fully saturated rings. The van der Waals surface area contributed by atoms with Gasteiger partial charge in [-0.25, -0.2) is 0 Å². The molecule has 1 aliphatic rings. The van der Waals surface area contributed by atoms with Crippen molar-refractivity contribution in [1.82, 2.24) is 5.32 Å². The third-order valence-corrected chi connectivity index (χ3v) is 3.58. The van der Waals surface area contributed by atoms with Gasteiger partial charge in [0, 0.05) is 29.4 Å². The van der Waals surface area contributed by atoms with Crippen LogP contribution in [0.2, 0.25) is 0 Å². The lowest BCUT2D eigenvalue weighted by molar-refractivity contribution is -0.0140. The molecule has 1 aliphatic heterocycles. The highest BCUT2D eigenvalue weighted by Gasteiger charge is 2.30. The average Bonchev–Trinajstić information content (AvgIpc) is 2.44. The topological polar surface area (TPSA) is 38.3 Å². The minimum atomic E-state index is -0.655. The highest BCUT2D eigenvalue weighted by molar-refractivity contribution is 7.84. The molecule has 0 aromatic rings. The molecule has 2 atom stereocenters. The fraction of sp³-hybridized carbons (Fsp3) is 1.00. The van der Waals surface area contributed by atoms with Gasteiger partial charge in [-0.15, -0.1) is 0 Å². The van der Waals surface area contributed by atoms with Crippen molar-refractivity contribution in [2.75, 3.05) is 25.1 Å². The van der Waals surface area contributed by atoms with Gasteiger partial charge in [-0.1, -0.05) is 0 Å². The molecule has 0 aromatic heterocycles. The van der Waals surface area contributed by atoms with Gasteiger partial charge in [-0.2, -0.15) is 0 Å². The summed E-state index contributed by atoms with van der Waals surface area (Å²) in [5.74, 6) is 0.796. The number of ether oxygens (including phenoxy) is 1. The van der Waals surface area contributed by atoms with Crippen LogP contribution in [0.4, 0.5) is 0 Å². The number of hydrogen-bond donors (Lipinski definition) is 1. The van der Waals surface area contributed by atoms with Crippen LogP contribution in [0.3, 0.4) is 0 Å². The summed E-state index contributed by atoms with van der Waals surface area (Å²) in [7, 11) is -0.655. The lowest BCUT2D eigenvalue weighted by Gasteiger charge is -2.19. The van der Waals surface area contributed by atoms with Crippen molar-refractivity contribution >= 4 is 10.8 Å². The van der Waals surface area contributed by atoms with E-state index in [1.54, 1.807) is 6.26 Å². The molecule has 0 aliphatic carbocycles. The molecule has 1 N–H and O–H groups in total. The molecule has 15 heavy (non-hydrogen) atoms. The first-order valence-corrected chi connectivity index (χ1v) is 7.41. The maximum absolute atomic E-state index is 10.8. The monoisotopic (exact) mass is 233 g/mol. The van der Waals surface area contributed by atoms with E-state index in [-0.39, 0.29) is 5.60 Å². The van der Waals surface area contributed by atoms with Gasteiger partial charge in [0.1, 0.15) is 0 Å². The van der Waals surface area contributed by atoms with Gasteiger partial charge in [0.2, 0.25) is 0 Å². The Morgan fingerprint density at radius 3 is 2.80 bits per heavy atom. The maximum atomic E-state index is 10.8. The van der Waals surface area contributed by atoms with Crippen molar-refractivity contribution in [2.45, 2.75) is 44.8 Å². The maximum Gasteiger partial charge on any atom is 0.0707 e. The van der Waals surface area contributed by atoms with Gasteiger partial charge in [0.05, 0.1) is 11.7 Å². The standard InChI is InChI=1S/C11H23NO2S/c1-11(2)6-5-10(14-11)9-12-7-4-8-15(3)13/h10,12H,4-9H2,1-3H3. The van der Waals surface area contributed by atoms with Crippen molar-refractivity contribution in [2.24, 2.45) is 0 Å². The Kier molecular flexibility index (Phi) is 5.23. The van der Waals surface area contributed by atoms with E-state index in [0.29, 0.717) is 6.10 Å². The van der Waals surface area contributed by atoms with E-state index in [1.807, 2.05) is 0 Å². The Balaban J connectivity index is 1.99. The zero-order chi connectivity index (χ0) is 11.3. The second kappa shape index (κ2) is 5.97. The molecule has 4 heteroatoms. The molecular weight excluding hydrogens is 210 g/mol. The second-order valence-electron chi connectivity index (χ2n) is 4.87. The van der Waals surface area contributed by atoms with E-state index < -0.39 is 10.8 Å². The van der Waals surface area contributed by atoms with Gasteiger partial charge in [0.15, 0.2) is 0 Å². The summed E-state index contributed by atoms with van der Waals surface area (Å²) in [5.41, 5.74) is 0.0667. The van der Waals surface area contributed by atoms with Crippen molar-refractivity contribution in [3.05, 3.63) is 0 Å². The van der Waals surface area contributed by atoms with E-state index in [0.717, 1.165) is 38.1 Å². The van der Waals surface area contributed by atoms with Crippen LogP contribution in [0.5, 0.6) is 0 Å². The van der Waals surface area contributed by atoms with Crippen molar-refractivity contribution in [3.8, 4) is 0 Å². The molecule has 0 saturated carbocycles. The van der Waals surface area contributed by atoms with Crippen LogP contribution in [0.1, 0.15) is 33.1 Å². The minimum Gasteiger partial charge on any atom is -0.371 e. The Labute approximate surface area is 95.4 Å². The van der Waals surface area contributed by atoms with Gasteiger partial charge in [-0.05, 0) is 39.7 Å². The molecule has 0 radical (unpaired) electrons. The van der Waals surface area contributed by atoms with Crippen LogP contribution >= 0.6 is 0 Å². The highest BCUT2D eigenvalue weighted by atomic mass is 32.2. The molecular formula is C11H23NO2S. The molecule has 1 rings (SSSR count). The van der Waals surface area contributed by atoms with Crippen molar-refractivity contribution in [1.29, 1.82) is 0 Å². The van der Waals surface area contributed by atoms with E-state index in [1.165, 1.54) is 0 Å². The van der Waals surface area contributed by atoms with E-state index in [9.17, 15) is 4.21 Å². The Morgan fingerprint density at radius 2 is 2.27 bits per heavy atom. The molecule has 0 amide bonds. The number of nitrogens with one attached hydrogen (secondary N) is 1. The van der Waals surface area contributed by atoms with Gasteiger partial charge in [-0.3, -0.25) is 4.21 Å². The fourth-order valence-corrected chi connectivity index (χ4v) is 2.44. The summed E-state index contributed by atoms with van der Waals surface area (Å²) in [6.45, 7) is 6.17. The molecule has 0 bridgehead atoms. The van der Waals surface area contributed by atoms with Crippen LogP contribution in [-0.2, 0) is 15.5 Å². The van der Waals surface area contributed by atoms with Crippen LogP contribution in [-0.4, -0.2) is 41.0 Å². The summed E-state index contributed by atoms with van der Waals surface area (Å²) in [5, 5.41) is 3.36. The summed E-state index contributed by atoms with van der Waals surface area (Å²) in [4.78, 5) is 0. The Bertz CT molecular complexity index is 219. The molecule has 2 unspecified atom stereocenters. The van der Waals surface area contributed by atoms with Crippen LogP contribution in [0.25, 0.3) is 0 Å². The zero-order valence-electron chi connectivity index (χ0n) is 10.0. The van der Waals surface area contributed by atoms with E-state index in [4.69, 9.17) is 4.74 Å². The van der Waals surface area contributed by atoms with E-state index >= 15 is 0 Å². The van der Waals surface area contributed by atoms with Crippen LogP contribution in [0, 0.1) is 0 Å². The fourth-order valence-electron chi connectivity index (χ4n) is 1.88. The number of hydrogen-bond acceptors (Lipinski definition) is 3. The predicted octanol–water partition coefficient (Wildman–Crippen LogP) is 1.30. The first-order chi connectivity index (χ1) is 6.99. The van der Waals surface area contributed by atoms with Crippen molar-refractivity contribution < 1.29 is 8.95 Å². The molecule has 3 nitrogen and oxygen atoms in total. The average molecular weight is 233 g/mol. The predicted molar refractivity (Wildman–Crippen MR) is 64.6 cm³/mol. The quantitative estimate of drug-likeness (QED) is 0.703. The molecule has 1 heterocycles. The minimum absolute atomic E-state index is 0.0667. The third kappa shape index (κ3) is 5.64. The van der Waals surface area contributed by atoms with Crippen LogP contribution in [0.15, 0.2) is 0 Å². The number of rotatable bonds is 6. The zero-order valence-corrected chi connectivity index (χ0v) is 10.9. The van der Waals surface area contributed by atoms with Gasteiger partial charge >= 0.3 is 0 Å². The molecule has 0 aromatic carbocycles. The largest absolute Gasteiger partial charge is 0.371 e. The second-order valence-corrected chi connectivity index (χ2v) is 6.43. The summed E-state index contributed by atoms with van der Waals surface area (Å²) >= 11 is 0. The van der Waals surface area contributed by atoms with Gasteiger partial charge < -0.3 is 10.1 Å². The summed E-state index contributed by atoms with van der Waals surface area (Å²) in [6.07, 6.45) is 5.41. The Hall–Kier alpha value is 0.0700. The third-order valence-electron chi connectivity index (χ3n) is 2.71. The van der Waals surface area contributed by atoms with Crippen molar-refractivity contribution in [3.63, 3.8) is 0 Å². The first-order valence-electron chi connectivity index (χ1n) is 5.68. The first kappa shape index (κ1) is 13.1. The van der Waals surface area contributed by atoms with Gasteiger partial charge in [0.25, 0.3) is 0 Å². The normalized spacial score (nSPS) is 26.7.